The number of rotatable bonds is 6. The Labute approximate surface area is 146 Å². The fourth-order valence-corrected chi connectivity index (χ4v) is 4.03. The Bertz CT molecular complexity index is 688. The highest BCUT2D eigenvalue weighted by Crippen LogP contribution is 2.28. The number of amides is 1. The summed E-state index contributed by atoms with van der Waals surface area (Å²) >= 11 is 1.70. The van der Waals surface area contributed by atoms with Crippen LogP contribution in [-0.2, 0) is 17.6 Å². The number of carbonyl (C=O) groups excluding carboxylic acids is 1. The number of aromatic nitrogens is 3. The molecule has 1 aliphatic heterocycles. The first-order valence-corrected chi connectivity index (χ1v) is 9.18. The Hall–Kier alpha value is -1.86. The van der Waals surface area contributed by atoms with Crippen molar-refractivity contribution in [2.75, 3.05) is 19.6 Å². The molecule has 0 spiro atoms. The molecule has 24 heavy (non-hydrogen) atoms. The van der Waals surface area contributed by atoms with E-state index in [0.717, 1.165) is 42.7 Å². The number of likely N-dealkylation sites (tertiary alicyclic amines) is 1. The summed E-state index contributed by atoms with van der Waals surface area (Å²) in [4.78, 5) is 13.3. The lowest BCUT2D eigenvalue weighted by Gasteiger charge is -2.31. The molecule has 7 heteroatoms. The Morgan fingerprint density at radius 3 is 2.88 bits per heavy atom. The number of piperidine rings is 1. The Kier molecular flexibility index (Phi) is 5.52. The molecule has 1 aromatic heterocycles. The fraction of sp³-hybridized carbons (Fsp3) is 0.471. The van der Waals surface area contributed by atoms with Crippen molar-refractivity contribution < 1.29 is 4.79 Å². The molecule has 1 aromatic carbocycles. The molecule has 3 rings (SSSR count). The quantitative estimate of drug-likeness (QED) is 0.808. The predicted molar refractivity (Wildman–Crippen MR) is 94.6 cm³/mol. The minimum Gasteiger partial charge on any atom is -0.369 e. The minimum atomic E-state index is -0.271. The SMILES string of the molecule is Cn1c(SCc2ccccc2)nnc1C1CCCN(CC(N)=O)C1. The van der Waals surface area contributed by atoms with Gasteiger partial charge in [0, 0.05) is 25.3 Å². The molecule has 6 nitrogen and oxygen atoms in total. The van der Waals surface area contributed by atoms with Crippen LogP contribution in [0.5, 0.6) is 0 Å². The first-order chi connectivity index (χ1) is 11.6. The van der Waals surface area contributed by atoms with E-state index in [0.29, 0.717) is 12.5 Å². The Balaban J connectivity index is 1.64. The van der Waals surface area contributed by atoms with Crippen molar-refractivity contribution in [3.8, 4) is 0 Å². The molecule has 1 aliphatic rings. The first kappa shape index (κ1) is 17.0. The molecule has 2 heterocycles. The van der Waals surface area contributed by atoms with E-state index in [1.54, 1.807) is 11.8 Å². The lowest BCUT2D eigenvalue weighted by atomic mass is 9.97. The van der Waals surface area contributed by atoms with E-state index in [2.05, 4.69) is 31.8 Å². The van der Waals surface area contributed by atoms with Crippen LogP contribution >= 0.6 is 11.8 Å². The third-order valence-electron chi connectivity index (χ3n) is 4.33. The van der Waals surface area contributed by atoms with E-state index in [1.165, 1.54) is 5.56 Å². The van der Waals surface area contributed by atoms with Gasteiger partial charge >= 0.3 is 0 Å². The molecular weight excluding hydrogens is 322 g/mol. The van der Waals surface area contributed by atoms with E-state index in [1.807, 2.05) is 25.2 Å². The van der Waals surface area contributed by atoms with Gasteiger partial charge in [0.2, 0.25) is 5.91 Å². The summed E-state index contributed by atoms with van der Waals surface area (Å²) in [6.07, 6.45) is 2.13. The lowest BCUT2D eigenvalue weighted by molar-refractivity contribution is -0.119. The average Bonchev–Trinajstić information content (AvgIpc) is 2.94. The second kappa shape index (κ2) is 7.81. The summed E-state index contributed by atoms with van der Waals surface area (Å²) in [5, 5.41) is 9.70. The zero-order valence-corrected chi connectivity index (χ0v) is 14.7. The lowest BCUT2D eigenvalue weighted by Crippen LogP contribution is -2.40. The number of primary amides is 1. The number of thioether (sulfide) groups is 1. The largest absolute Gasteiger partial charge is 0.369 e. The second-order valence-corrected chi connectivity index (χ2v) is 7.16. The third kappa shape index (κ3) is 4.15. The number of hydrogen-bond acceptors (Lipinski definition) is 5. The smallest absolute Gasteiger partial charge is 0.231 e. The molecule has 128 valence electrons. The zero-order valence-electron chi connectivity index (χ0n) is 13.9. The van der Waals surface area contributed by atoms with Crippen LogP contribution in [0.15, 0.2) is 35.5 Å². The van der Waals surface area contributed by atoms with Crippen LogP contribution in [0, 0.1) is 0 Å². The van der Waals surface area contributed by atoms with E-state index in [-0.39, 0.29) is 5.91 Å². The molecule has 1 fully saturated rings. The van der Waals surface area contributed by atoms with Crippen molar-refractivity contribution in [3.05, 3.63) is 41.7 Å². The number of carbonyl (C=O) groups is 1. The second-order valence-electron chi connectivity index (χ2n) is 6.21. The Morgan fingerprint density at radius 2 is 2.12 bits per heavy atom. The van der Waals surface area contributed by atoms with Crippen molar-refractivity contribution in [3.63, 3.8) is 0 Å². The van der Waals surface area contributed by atoms with E-state index >= 15 is 0 Å². The number of nitrogens with two attached hydrogens (primary N) is 1. The van der Waals surface area contributed by atoms with Crippen LogP contribution in [0.2, 0.25) is 0 Å². The van der Waals surface area contributed by atoms with Crippen molar-refractivity contribution in [1.29, 1.82) is 0 Å². The van der Waals surface area contributed by atoms with Crippen LogP contribution in [0.1, 0.15) is 30.1 Å². The van der Waals surface area contributed by atoms with Crippen LogP contribution < -0.4 is 5.73 Å². The maximum Gasteiger partial charge on any atom is 0.231 e. The van der Waals surface area contributed by atoms with Crippen LogP contribution in [0.3, 0.4) is 0 Å². The normalized spacial score (nSPS) is 18.6. The van der Waals surface area contributed by atoms with Crippen molar-refractivity contribution in [1.82, 2.24) is 19.7 Å². The van der Waals surface area contributed by atoms with Crippen molar-refractivity contribution in [2.45, 2.75) is 29.7 Å². The van der Waals surface area contributed by atoms with Gasteiger partial charge in [-0.1, -0.05) is 42.1 Å². The summed E-state index contributed by atoms with van der Waals surface area (Å²) < 4.78 is 2.09. The van der Waals surface area contributed by atoms with Gasteiger partial charge in [-0.2, -0.15) is 0 Å². The number of benzene rings is 1. The Morgan fingerprint density at radius 1 is 1.33 bits per heavy atom. The van der Waals surface area contributed by atoms with Gasteiger partial charge in [-0.3, -0.25) is 9.69 Å². The molecular formula is C17H23N5OS. The molecule has 0 bridgehead atoms. The average molecular weight is 345 g/mol. The fourth-order valence-electron chi connectivity index (χ4n) is 3.16. The van der Waals surface area contributed by atoms with E-state index in [4.69, 9.17) is 5.73 Å². The molecule has 0 aliphatic carbocycles. The van der Waals surface area contributed by atoms with Gasteiger partial charge in [-0.15, -0.1) is 10.2 Å². The molecule has 0 saturated carbocycles. The summed E-state index contributed by atoms with van der Waals surface area (Å²) in [5.41, 5.74) is 6.59. The molecule has 1 unspecified atom stereocenters. The van der Waals surface area contributed by atoms with Crippen LogP contribution in [0.4, 0.5) is 0 Å². The van der Waals surface area contributed by atoms with Crippen molar-refractivity contribution >= 4 is 17.7 Å². The predicted octanol–water partition coefficient (Wildman–Crippen LogP) is 1.77. The molecule has 0 radical (unpaired) electrons. The van der Waals surface area contributed by atoms with Crippen molar-refractivity contribution in [2.24, 2.45) is 12.8 Å². The number of hydrogen-bond donors (Lipinski definition) is 1. The summed E-state index contributed by atoms with van der Waals surface area (Å²) in [6, 6.07) is 10.4. The van der Waals surface area contributed by atoms with E-state index in [9.17, 15) is 4.79 Å². The zero-order chi connectivity index (χ0) is 16.9. The highest BCUT2D eigenvalue weighted by Gasteiger charge is 2.26. The summed E-state index contributed by atoms with van der Waals surface area (Å²) in [6.45, 7) is 2.06. The van der Waals surface area contributed by atoms with Gasteiger partial charge in [0.05, 0.1) is 6.54 Å². The van der Waals surface area contributed by atoms with E-state index < -0.39 is 0 Å². The molecule has 1 atom stereocenters. The van der Waals surface area contributed by atoms with Gasteiger partial charge in [0.1, 0.15) is 5.82 Å². The molecule has 1 amide bonds. The molecule has 2 aromatic rings. The molecule has 1 saturated heterocycles. The maximum atomic E-state index is 11.1. The standard InChI is InChI=1S/C17H23N5OS/c1-21-16(14-8-5-9-22(10-14)11-15(18)23)19-20-17(21)24-12-13-6-3-2-4-7-13/h2-4,6-7,14H,5,8-12H2,1H3,(H2,18,23). The third-order valence-corrected chi connectivity index (χ3v) is 5.42. The van der Waals surface area contributed by atoms with Crippen LogP contribution in [-0.4, -0.2) is 45.2 Å². The number of nitrogens with zero attached hydrogens (tertiary/aromatic N) is 4. The van der Waals surface area contributed by atoms with Gasteiger partial charge in [0.25, 0.3) is 0 Å². The monoisotopic (exact) mass is 345 g/mol. The van der Waals surface area contributed by atoms with Gasteiger partial charge in [0.15, 0.2) is 5.16 Å². The van der Waals surface area contributed by atoms with Gasteiger partial charge in [-0.25, -0.2) is 0 Å². The first-order valence-electron chi connectivity index (χ1n) is 8.20. The van der Waals surface area contributed by atoms with Gasteiger partial charge in [-0.05, 0) is 24.9 Å². The summed E-state index contributed by atoms with van der Waals surface area (Å²) in [5.74, 6) is 1.92. The highest BCUT2D eigenvalue weighted by atomic mass is 32.2. The topological polar surface area (TPSA) is 77.0 Å². The molecule has 2 N–H and O–H groups in total. The van der Waals surface area contributed by atoms with Gasteiger partial charge < -0.3 is 10.3 Å². The summed E-state index contributed by atoms with van der Waals surface area (Å²) in [7, 11) is 2.02. The maximum absolute atomic E-state index is 11.1. The minimum absolute atomic E-state index is 0.271. The highest BCUT2D eigenvalue weighted by molar-refractivity contribution is 7.98. The van der Waals surface area contributed by atoms with Crippen LogP contribution in [0.25, 0.3) is 0 Å².